The van der Waals surface area contributed by atoms with Crippen molar-refractivity contribution in [2.75, 3.05) is 19.3 Å². The second kappa shape index (κ2) is 4.09. The van der Waals surface area contributed by atoms with E-state index in [0.717, 1.165) is 0 Å². The van der Waals surface area contributed by atoms with Crippen molar-refractivity contribution in [3.8, 4) is 0 Å². The summed E-state index contributed by atoms with van der Waals surface area (Å²) < 4.78 is 23.9. The van der Waals surface area contributed by atoms with Crippen molar-refractivity contribution in [1.29, 1.82) is 0 Å². The van der Waals surface area contributed by atoms with Crippen molar-refractivity contribution in [3.05, 3.63) is 0 Å². The molecule has 0 radical (unpaired) electrons. The van der Waals surface area contributed by atoms with E-state index >= 15 is 0 Å². The molecule has 1 N–H and O–H groups in total. The summed E-state index contributed by atoms with van der Waals surface area (Å²) in [5.74, 6) is -0.815. The van der Waals surface area contributed by atoms with Gasteiger partial charge < -0.3 is 5.11 Å². The Labute approximate surface area is 90.1 Å². The van der Waals surface area contributed by atoms with E-state index in [1.807, 2.05) is 6.92 Å². The number of sulfonamides is 1. The number of rotatable bonds is 3. The SMILES string of the molecule is CC1(CC(=O)O)CCN(S(C)(=O)=O)CC1. The van der Waals surface area contributed by atoms with Crippen LogP contribution in [0, 0.1) is 5.41 Å². The molecule has 0 unspecified atom stereocenters. The quantitative estimate of drug-likeness (QED) is 0.774. The van der Waals surface area contributed by atoms with E-state index in [9.17, 15) is 13.2 Å². The predicted molar refractivity (Wildman–Crippen MR) is 56.0 cm³/mol. The molecule has 6 heteroatoms. The molecule has 1 fully saturated rings. The summed E-state index contributed by atoms with van der Waals surface area (Å²) in [6.45, 7) is 2.77. The minimum Gasteiger partial charge on any atom is -0.481 e. The topological polar surface area (TPSA) is 74.7 Å². The Hall–Kier alpha value is -0.620. The van der Waals surface area contributed by atoms with Gasteiger partial charge in [0, 0.05) is 13.1 Å². The third-order valence-electron chi connectivity index (χ3n) is 2.98. The Morgan fingerprint density at radius 3 is 2.20 bits per heavy atom. The summed E-state index contributed by atoms with van der Waals surface area (Å²) >= 11 is 0. The molecule has 1 aliphatic heterocycles. The van der Waals surface area contributed by atoms with Crippen molar-refractivity contribution in [3.63, 3.8) is 0 Å². The molecule has 0 aromatic rings. The fourth-order valence-electron chi connectivity index (χ4n) is 1.90. The number of carboxylic acids is 1. The maximum absolute atomic E-state index is 11.2. The van der Waals surface area contributed by atoms with Crippen molar-refractivity contribution >= 4 is 16.0 Å². The average molecular weight is 235 g/mol. The molecule has 0 spiro atoms. The number of hydrogen-bond acceptors (Lipinski definition) is 3. The van der Waals surface area contributed by atoms with E-state index < -0.39 is 16.0 Å². The lowest BCUT2D eigenvalue weighted by Gasteiger charge is -2.37. The predicted octanol–water partition coefficient (Wildman–Crippen LogP) is 0.523. The zero-order chi connectivity index (χ0) is 11.7. The Kier molecular flexibility index (Phi) is 3.40. The van der Waals surface area contributed by atoms with Gasteiger partial charge in [-0.3, -0.25) is 4.79 Å². The highest BCUT2D eigenvalue weighted by Crippen LogP contribution is 2.34. The second-order valence-electron chi connectivity index (χ2n) is 4.54. The van der Waals surface area contributed by atoms with E-state index in [4.69, 9.17) is 5.11 Å². The van der Waals surface area contributed by atoms with Crippen LogP contribution in [0.5, 0.6) is 0 Å². The summed E-state index contributed by atoms with van der Waals surface area (Å²) in [6, 6.07) is 0. The molecule has 0 bridgehead atoms. The van der Waals surface area contributed by atoms with Crippen LogP contribution in [0.25, 0.3) is 0 Å². The van der Waals surface area contributed by atoms with Crippen molar-refractivity contribution in [1.82, 2.24) is 4.31 Å². The molecule has 0 saturated carbocycles. The maximum atomic E-state index is 11.2. The normalized spacial score (nSPS) is 22.5. The van der Waals surface area contributed by atoms with Gasteiger partial charge in [0.25, 0.3) is 0 Å². The van der Waals surface area contributed by atoms with Crippen LogP contribution in [-0.4, -0.2) is 43.1 Å². The summed E-state index contributed by atoms with van der Waals surface area (Å²) in [5, 5.41) is 8.72. The summed E-state index contributed by atoms with van der Waals surface area (Å²) in [4.78, 5) is 10.6. The summed E-state index contributed by atoms with van der Waals surface area (Å²) in [6.07, 6.45) is 2.54. The molecular formula is C9H17NO4S. The molecule has 5 nitrogen and oxygen atoms in total. The van der Waals surface area contributed by atoms with E-state index in [1.165, 1.54) is 10.6 Å². The molecule has 15 heavy (non-hydrogen) atoms. The van der Waals surface area contributed by atoms with Crippen LogP contribution < -0.4 is 0 Å². The fourth-order valence-corrected chi connectivity index (χ4v) is 2.75. The Morgan fingerprint density at radius 1 is 1.40 bits per heavy atom. The number of hydrogen-bond donors (Lipinski definition) is 1. The van der Waals surface area contributed by atoms with Crippen LogP contribution in [-0.2, 0) is 14.8 Å². The third kappa shape index (κ3) is 3.46. The van der Waals surface area contributed by atoms with E-state index in [2.05, 4.69) is 0 Å². The molecule has 1 heterocycles. The van der Waals surface area contributed by atoms with Crippen LogP contribution in [0.2, 0.25) is 0 Å². The van der Waals surface area contributed by atoms with E-state index in [1.54, 1.807) is 0 Å². The number of nitrogens with zero attached hydrogens (tertiary/aromatic N) is 1. The zero-order valence-electron chi connectivity index (χ0n) is 9.06. The van der Waals surface area contributed by atoms with Gasteiger partial charge in [-0.2, -0.15) is 0 Å². The second-order valence-corrected chi connectivity index (χ2v) is 6.53. The lowest BCUT2D eigenvalue weighted by molar-refractivity contribution is -0.140. The van der Waals surface area contributed by atoms with Gasteiger partial charge in [-0.1, -0.05) is 6.92 Å². The highest BCUT2D eigenvalue weighted by Gasteiger charge is 2.34. The first-order chi connectivity index (χ1) is 6.73. The molecule has 88 valence electrons. The van der Waals surface area contributed by atoms with Gasteiger partial charge in [0.1, 0.15) is 0 Å². The van der Waals surface area contributed by atoms with Gasteiger partial charge in [0.15, 0.2) is 0 Å². The van der Waals surface area contributed by atoms with Gasteiger partial charge >= 0.3 is 5.97 Å². The van der Waals surface area contributed by atoms with E-state index in [-0.39, 0.29) is 11.8 Å². The first kappa shape index (κ1) is 12.4. The number of carbonyl (C=O) groups is 1. The van der Waals surface area contributed by atoms with Crippen LogP contribution in [0.15, 0.2) is 0 Å². The molecule has 1 aliphatic rings. The monoisotopic (exact) mass is 235 g/mol. The molecule has 0 amide bonds. The average Bonchev–Trinajstić information content (AvgIpc) is 2.00. The molecule has 1 saturated heterocycles. The summed E-state index contributed by atoms with van der Waals surface area (Å²) in [5.41, 5.74) is -0.257. The lowest BCUT2D eigenvalue weighted by Crippen LogP contribution is -2.42. The summed E-state index contributed by atoms with van der Waals surface area (Å²) in [7, 11) is -3.12. The molecule has 0 aromatic carbocycles. The first-order valence-electron chi connectivity index (χ1n) is 4.90. The molecular weight excluding hydrogens is 218 g/mol. The van der Waals surface area contributed by atoms with Gasteiger partial charge in [0.2, 0.25) is 10.0 Å². The zero-order valence-corrected chi connectivity index (χ0v) is 9.88. The molecule has 0 aliphatic carbocycles. The van der Waals surface area contributed by atoms with Crippen molar-refractivity contribution < 1.29 is 18.3 Å². The van der Waals surface area contributed by atoms with E-state index in [0.29, 0.717) is 25.9 Å². The fraction of sp³-hybridized carbons (Fsp3) is 0.889. The first-order valence-corrected chi connectivity index (χ1v) is 6.75. The van der Waals surface area contributed by atoms with Gasteiger partial charge in [0.05, 0.1) is 12.7 Å². The maximum Gasteiger partial charge on any atom is 0.303 e. The minimum atomic E-state index is -3.12. The number of piperidine rings is 1. The Morgan fingerprint density at radius 2 is 1.87 bits per heavy atom. The Balaban J connectivity index is 2.59. The van der Waals surface area contributed by atoms with Crippen LogP contribution in [0.1, 0.15) is 26.2 Å². The van der Waals surface area contributed by atoms with Crippen molar-refractivity contribution in [2.24, 2.45) is 5.41 Å². The third-order valence-corrected chi connectivity index (χ3v) is 4.28. The van der Waals surface area contributed by atoms with Crippen molar-refractivity contribution in [2.45, 2.75) is 26.2 Å². The highest BCUT2D eigenvalue weighted by atomic mass is 32.2. The highest BCUT2D eigenvalue weighted by molar-refractivity contribution is 7.88. The molecule has 1 rings (SSSR count). The van der Waals surface area contributed by atoms with Crippen LogP contribution in [0.3, 0.4) is 0 Å². The van der Waals surface area contributed by atoms with Gasteiger partial charge in [-0.15, -0.1) is 0 Å². The lowest BCUT2D eigenvalue weighted by atomic mass is 9.78. The largest absolute Gasteiger partial charge is 0.481 e. The van der Waals surface area contributed by atoms with Crippen LogP contribution >= 0.6 is 0 Å². The Bertz CT molecular complexity index is 341. The number of aliphatic carboxylic acids is 1. The standard InChI is InChI=1S/C9H17NO4S/c1-9(7-8(11)12)3-5-10(6-4-9)15(2,13)14/h3-7H2,1-2H3,(H,11,12). The number of carboxylic acid groups (broad SMARTS) is 1. The molecule has 0 aromatic heterocycles. The smallest absolute Gasteiger partial charge is 0.303 e. The van der Waals surface area contributed by atoms with Gasteiger partial charge in [-0.05, 0) is 18.3 Å². The van der Waals surface area contributed by atoms with Gasteiger partial charge in [-0.25, -0.2) is 12.7 Å². The molecule has 0 atom stereocenters. The minimum absolute atomic E-state index is 0.116. The van der Waals surface area contributed by atoms with Crippen LogP contribution in [0.4, 0.5) is 0 Å².